The van der Waals surface area contributed by atoms with Gasteiger partial charge in [0.25, 0.3) is 0 Å². The minimum atomic E-state index is -1.54. The number of ketones is 2. The third kappa shape index (κ3) is 8.29. The summed E-state index contributed by atoms with van der Waals surface area (Å²) >= 11 is 0. The quantitative estimate of drug-likeness (QED) is 0.579. The molecular weight excluding hydrogens is 217 g/mol. The maximum Gasteiger partial charge on any atom is 0.372 e. The molecule has 0 saturated carbocycles. The van der Waals surface area contributed by atoms with Crippen molar-refractivity contribution in [2.24, 2.45) is 5.41 Å². The Hall–Kier alpha value is -0.320. The Morgan fingerprint density at radius 2 is 1.57 bits per heavy atom. The van der Waals surface area contributed by atoms with Gasteiger partial charge in [-0.15, -0.1) is 0 Å². The van der Waals surface area contributed by atoms with Crippen LogP contribution in [0.1, 0.15) is 33.6 Å². The summed E-state index contributed by atoms with van der Waals surface area (Å²) in [6, 6.07) is 0. The van der Waals surface area contributed by atoms with E-state index in [1.54, 1.807) is 0 Å². The fourth-order valence-corrected chi connectivity index (χ4v) is 0.909. The molecule has 77 valence electrons. The van der Waals surface area contributed by atoms with Crippen LogP contribution in [0.2, 0.25) is 0 Å². The monoisotopic (exact) mass is 231 g/mol. The molecule has 0 aliphatic carbocycles. The van der Waals surface area contributed by atoms with Gasteiger partial charge in [0.05, 0.1) is 6.42 Å². The molecule has 0 aliphatic heterocycles. The van der Waals surface area contributed by atoms with Gasteiger partial charge in [0.15, 0.2) is 0 Å². The van der Waals surface area contributed by atoms with Crippen LogP contribution in [-0.2, 0) is 40.2 Å². The van der Waals surface area contributed by atoms with Crippen LogP contribution in [-0.4, -0.2) is 22.6 Å². The molecule has 0 aliphatic rings. The zero-order valence-electron chi connectivity index (χ0n) is 8.66. The van der Waals surface area contributed by atoms with Gasteiger partial charge in [0.1, 0.15) is 5.78 Å². The average Bonchev–Trinajstić information content (AvgIpc) is 1.81. The molecule has 0 heterocycles. The third-order valence-corrected chi connectivity index (χ3v) is 1.32. The van der Waals surface area contributed by atoms with Crippen molar-refractivity contribution in [2.75, 3.05) is 0 Å². The van der Waals surface area contributed by atoms with E-state index in [1.807, 2.05) is 20.8 Å². The number of Topliss-reactive ketones (excluding diaryl/α,β-unsaturated/α-hetero) is 2. The first-order valence-electron chi connectivity index (χ1n) is 4.00. The molecule has 0 saturated heterocycles. The van der Waals surface area contributed by atoms with Crippen LogP contribution in [0.4, 0.5) is 0 Å². The zero-order chi connectivity index (χ0) is 10.6. The zero-order valence-corrected chi connectivity index (χ0v) is 10.5. The van der Waals surface area contributed by atoms with Crippen LogP contribution in [0.15, 0.2) is 0 Å². The van der Waals surface area contributed by atoms with E-state index in [0.717, 1.165) is 0 Å². The number of hydrogen-bond acceptors (Lipinski definition) is 3. The molecular formula is C9H14O4Sc. The standard InChI is InChI=1S/C9H14O4.Sc/c1-9(2,3)5-6(10)4-7(11)8(12)13;/h4-5H2,1-3H3,(H,12,13);. The number of carbonyl (C=O) groups is 3. The maximum atomic E-state index is 11.1. The van der Waals surface area contributed by atoms with Gasteiger partial charge in [-0.3, -0.25) is 9.59 Å². The molecule has 0 amide bonds. The van der Waals surface area contributed by atoms with Crippen molar-refractivity contribution in [3.63, 3.8) is 0 Å². The molecule has 0 rings (SSSR count). The van der Waals surface area contributed by atoms with E-state index < -0.39 is 18.2 Å². The minimum absolute atomic E-state index is 0. The Labute approximate surface area is 102 Å². The van der Waals surface area contributed by atoms with Gasteiger partial charge in [-0.25, -0.2) is 4.79 Å². The van der Waals surface area contributed by atoms with Crippen molar-refractivity contribution < 1.29 is 45.3 Å². The molecule has 5 heteroatoms. The van der Waals surface area contributed by atoms with Gasteiger partial charge >= 0.3 is 5.97 Å². The van der Waals surface area contributed by atoms with Gasteiger partial charge in [0, 0.05) is 32.3 Å². The first kappa shape index (κ1) is 16.1. The van der Waals surface area contributed by atoms with Crippen LogP contribution >= 0.6 is 0 Å². The molecule has 0 atom stereocenters. The van der Waals surface area contributed by atoms with Crippen molar-refractivity contribution in [3.8, 4) is 0 Å². The van der Waals surface area contributed by atoms with Gasteiger partial charge < -0.3 is 5.11 Å². The van der Waals surface area contributed by atoms with Gasteiger partial charge in [-0.2, -0.15) is 0 Å². The van der Waals surface area contributed by atoms with Crippen molar-refractivity contribution in [1.29, 1.82) is 0 Å². The maximum absolute atomic E-state index is 11.1. The fourth-order valence-electron chi connectivity index (χ4n) is 0.909. The Morgan fingerprint density at radius 3 is 1.86 bits per heavy atom. The van der Waals surface area contributed by atoms with E-state index in [9.17, 15) is 14.4 Å². The Kier molecular flexibility index (Phi) is 7.16. The first-order chi connectivity index (χ1) is 5.72. The molecule has 0 unspecified atom stereocenters. The SMILES string of the molecule is CC(C)(C)CC(=O)CC(=O)C(=O)O.[Sc]. The second-order valence-corrected chi connectivity index (χ2v) is 4.18. The number of rotatable bonds is 4. The number of carboxylic acid groups (broad SMARTS) is 1. The molecule has 0 spiro atoms. The van der Waals surface area contributed by atoms with E-state index in [1.165, 1.54) is 0 Å². The summed E-state index contributed by atoms with van der Waals surface area (Å²) in [5, 5.41) is 8.23. The summed E-state index contributed by atoms with van der Waals surface area (Å²) in [7, 11) is 0. The Morgan fingerprint density at radius 1 is 1.14 bits per heavy atom. The van der Waals surface area contributed by atoms with Gasteiger partial charge in [-0.1, -0.05) is 20.8 Å². The number of hydrogen-bond donors (Lipinski definition) is 1. The summed E-state index contributed by atoms with van der Waals surface area (Å²) in [4.78, 5) is 31.8. The molecule has 1 N–H and O–H groups in total. The van der Waals surface area contributed by atoms with Crippen LogP contribution in [0.5, 0.6) is 0 Å². The Bertz CT molecular complexity index is 240. The molecule has 0 aromatic heterocycles. The van der Waals surface area contributed by atoms with Crippen molar-refractivity contribution in [3.05, 3.63) is 0 Å². The molecule has 1 radical (unpaired) electrons. The third-order valence-electron chi connectivity index (χ3n) is 1.32. The van der Waals surface area contributed by atoms with Gasteiger partial charge in [-0.05, 0) is 5.41 Å². The van der Waals surface area contributed by atoms with Crippen LogP contribution < -0.4 is 0 Å². The fraction of sp³-hybridized carbons (Fsp3) is 0.667. The predicted molar refractivity (Wildman–Crippen MR) is 46.3 cm³/mol. The van der Waals surface area contributed by atoms with Crippen molar-refractivity contribution in [2.45, 2.75) is 33.6 Å². The van der Waals surface area contributed by atoms with E-state index in [-0.39, 0.29) is 43.5 Å². The molecule has 14 heavy (non-hydrogen) atoms. The van der Waals surface area contributed by atoms with E-state index in [0.29, 0.717) is 0 Å². The smallest absolute Gasteiger partial charge is 0.372 e. The van der Waals surface area contributed by atoms with E-state index in [4.69, 9.17) is 5.11 Å². The molecule has 0 bridgehead atoms. The Balaban J connectivity index is 0. The number of carboxylic acids is 1. The topological polar surface area (TPSA) is 71.4 Å². The van der Waals surface area contributed by atoms with Crippen molar-refractivity contribution >= 4 is 17.5 Å². The summed E-state index contributed by atoms with van der Waals surface area (Å²) < 4.78 is 0. The summed E-state index contributed by atoms with van der Waals surface area (Å²) in [6.07, 6.45) is -0.265. The molecule has 4 nitrogen and oxygen atoms in total. The van der Waals surface area contributed by atoms with Crippen LogP contribution in [0.3, 0.4) is 0 Å². The second-order valence-electron chi connectivity index (χ2n) is 4.18. The van der Waals surface area contributed by atoms with E-state index in [2.05, 4.69) is 0 Å². The predicted octanol–water partition coefficient (Wildman–Crippen LogP) is 1.03. The molecule has 0 aromatic rings. The molecule has 0 fully saturated rings. The number of carbonyl (C=O) groups excluding carboxylic acids is 2. The summed E-state index contributed by atoms with van der Waals surface area (Å²) in [5.41, 5.74) is -0.199. The summed E-state index contributed by atoms with van der Waals surface area (Å²) in [5.74, 6) is -2.89. The average molecular weight is 231 g/mol. The first-order valence-corrected chi connectivity index (χ1v) is 4.00. The van der Waals surface area contributed by atoms with Crippen molar-refractivity contribution in [1.82, 2.24) is 0 Å². The largest absolute Gasteiger partial charge is 0.475 e. The normalized spacial score (nSPS) is 10.2. The minimum Gasteiger partial charge on any atom is -0.475 e. The van der Waals surface area contributed by atoms with Crippen LogP contribution in [0.25, 0.3) is 0 Å². The van der Waals surface area contributed by atoms with Gasteiger partial charge in [0.2, 0.25) is 5.78 Å². The summed E-state index contributed by atoms with van der Waals surface area (Å²) in [6.45, 7) is 5.57. The van der Waals surface area contributed by atoms with E-state index >= 15 is 0 Å². The molecule has 0 aromatic carbocycles. The number of aliphatic carboxylic acids is 1. The second kappa shape index (κ2) is 6.22. The van der Waals surface area contributed by atoms with Crippen LogP contribution in [0, 0.1) is 5.41 Å².